The summed E-state index contributed by atoms with van der Waals surface area (Å²) in [6, 6.07) is 0.505. The van der Waals surface area contributed by atoms with Crippen LogP contribution in [0, 0.1) is 23.2 Å². The Balaban J connectivity index is 1.83. The number of hydrogen-bond acceptors (Lipinski definition) is 2. The van der Waals surface area contributed by atoms with Crippen molar-refractivity contribution in [1.29, 1.82) is 0 Å². The van der Waals surface area contributed by atoms with E-state index in [0.29, 0.717) is 11.5 Å². The predicted molar refractivity (Wildman–Crippen MR) is 62.3 cm³/mol. The van der Waals surface area contributed by atoms with Crippen LogP contribution in [0.5, 0.6) is 0 Å². The van der Waals surface area contributed by atoms with Crippen LogP contribution < -0.4 is 11.5 Å². The van der Waals surface area contributed by atoms with Crippen LogP contribution in [0.3, 0.4) is 0 Å². The monoisotopic (exact) mass is 208 g/mol. The fourth-order valence-electron chi connectivity index (χ4n) is 4.94. The molecule has 1 spiro atoms. The maximum atomic E-state index is 6.51. The molecule has 2 nitrogen and oxygen atoms in total. The average molecular weight is 208 g/mol. The van der Waals surface area contributed by atoms with Crippen molar-refractivity contribution in [1.82, 2.24) is 0 Å². The van der Waals surface area contributed by atoms with E-state index in [-0.39, 0.29) is 0 Å². The summed E-state index contributed by atoms with van der Waals surface area (Å²) in [5.41, 5.74) is 12.9. The lowest BCUT2D eigenvalue weighted by molar-refractivity contribution is 0.0505. The highest BCUT2D eigenvalue weighted by atomic mass is 14.8. The van der Waals surface area contributed by atoms with Crippen LogP contribution in [0.15, 0.2) is 0 Å². The molecule has 3 rings (SSSR count). The first-order valence-electron chi connectivity index (χ1n) is 6.72. The molecule has 3 aliphatic carbocycles. The van der Waals surface area contributed by atoms with Crippen LogP contribution in [-0.2, 0) is 0 Å². The van der Waals surface area contributed by atoms with E-state index in [2.05, 4.69) is 0 Å². The Morgan fingerprint density at radius 2 is 2.07 bits per heavy atom. The molecule has 2 bridgehead atoms. The van der Waals surface area contributed by atoms with Gasteiger partial charge in [-0.05, 0) is 68.2 Å². The van der Waals surface area contributed by atoms with Crippen LogP contribution in [-0.4, -0.2) is 12.6 Å². The molecule has 3 unspecified atom stereocenters. The highest BCUT2D eigenvalue weighted by Gasteiger charge is 2.57. The first kappa shape index (κ1) is 10.1. The molecule has 5 atom stereocenters. The second-order valence-electron chi connectivity index (χ2n) is 6.23. The molecule has 0 aromatic heterocycles. The van der Waals surface area contributed by atoms with Gasteiger partial charge in [0.25, 0.3) is 0 Å². The number of hydrogen-bond donors (Lipinski definition) is 2. The van der Waals surface area contributed by atoms with Crippen molar-refractivity contribution < 1.29 is 0 Å². The summed E-state index contributed by atoms with van der Waals surface area (Å²) in [5, 5.41) is 0. The van der Waals surface area contributed by atoms with Gasteiger partial charge in [0.1, 0.15) is 0 Å². The third kappa shape index (κ3) is 1.31. The topological polar surface area (TPSA) is 52.0 Å². The third-order valence-corrected chi connectivity index (χ3v) is 5.71. The summed E-state index contributed by atoms with van der Waals surface area (Å²) in [5.74, 6) is 2.57. The zero-order chi connectivity index (χ0) is 10.5. The molecule has 0 saturated heterocycles. The fourth-order valence-corrected chi connectivity index (χ4v) is 4.94. The summed E-state index contributed by atoms with van der Waals surface area (Å²) in [7, 11) is 0. The molecule has 0 aliphatic heterocycles. The molecule has 86 valence electrons. The molecule has 3 aliphatic rings. The van der Waals surface area contributed by atoms with Gasteiger partial charge in [0.05, 0.1) is 0 Å². The normalized spacial score (nSPS) is 54.0. The van der Waals surface area contributed by atoms with Gasteiger partial charge >= 0.3 is 0 Å². The van der Waals surface area contributed by atoms with E-state index >= 15 is 0 Å². The minimum atomic E-state index is 0.505. The SMILES string of the molecule is NCC1CCC[C@@]2(C1)C1CCC(C1)[C@H]2N. The molecular formula is C13H24N2. The first-order valence-corrected chi connectivity index (χ1v) is 6.72. The van der Waals surface area contributed by atoms with Gasteiger partial charge < -0.3 is 11.5 Å². The van der Waals surface area contributed by atoms with E-state index in [9.17, 15) is 0 Å². The van der Waals surface area contributed by atoms with Gasteiger partial charge in [-0.2, -0.15) is 0 Å². The Kier molecular flexibility index (Phi) is 2.33. The van der Waals surface area contributed by atoms with Gasteiger partial charge in [0, 0.05) is 6.04 Å². The van der Waals surface area contributed by atoms with Crippen LogP contribution in [0.4, 0.5) is 0 Å². The maximum absolute atomic E-state index is 6.51. The maximum Gasteiger partial charge on any atom is 0.0127 e. The molecule has 2 heteroatoms. The molecular weight excluding hydrogens is 184 g/mol. The van der Waals surface area contributed by atoms with Crippen molar-refractivity contribution in [2.45, 2.75) is 51.0 Å². The second kappa shape index (κ2) is 3.46. The fraction of sp³-hybridized carbons (Fsp3) is 1.00. The molecule has 0 amide bonds. The number of rotatable bonds is 1. The third-order valence-electron chi connectivity index (χ3n) is 5.71. The van der Waals surface area contributed by atoms with Crippen LogP contribution in [0.25, 0.3) is 0 Å². The van der Waals surface area contributed by atoms with E-state index < -0.39 is 0 Å². The van der Waals surface area contributed by atoms with Crippen LogP contribution >= 0.6 is 0 Å². The highest BCUT2D eigenvalue weighted by molar-refractivity contribution is 5.10. The Bertz CT molecular complexity index is 249. The van der Waals surface area contributed by atoms with Gasteiger partial charge in [0.2, 0.25) is 0 Å². The molecule has 0 radical (unpaired) electrons. The second-order valence-corrected chi connectivity index (χ2v) is 6.23. The largest absolute Gasteiger partial charge is 0.330 e. The lowest BCUT2D eigenvalue weighted by Crippen LogP contribution is -2.49. The molecule has 4 N–H and O–H groups in total. The Morgan fingerprint density at radius 3 is 2.73 bits per heavy atom. The smallest absolute Gasteiger partial charge is 0.0127 e. The standard InChI is InChI=1S/C13H24N2/c14-8-9-2-1-5-13(7-9)11-4-3-10(6-11)12(13)15/h9-12H,1-8,14-15H2/t9?,10?,11?,12-,13-/m1/s1. The lowest BCUT2D eigenvalue weighted by atomic mass is 9.59. The number of fused-ring (bicyclic) bond motifs is 3. The zero-order valence-electron chi connectivity index (χ0n) is 9.62. The van der Waals surface area contributed by atoms with Crippen LogP contribution in [0.2, 0.25) is 0 Å². The van der Waals surface area contributed by atoms with E-state index in [1.54, 1.807) is 0 Å². The average Bonchev–Trinajstić information content (AvgIpc) is 2.84. The summed E-state index contributed by atoms with van der Waals surface area (Å²) in [4.78, 5) is 0. The zero-order valence-corrected chi connectivity index (χ0v) is 9.62. The lowest BCUT2D eigenvalue weighted by Gasteiger charge is -2.47. The Labute approximate surface area is 92.8 Å². The van der Waals surface area contributed by atoms with Crippen molar-refractivity contribution >= 4 is 0 Å². The minimum absolute atomic E-state index is 0.505. The van der Waals surface area contributed by atoms with Gasteiger partial charge in [0.15, 0.2) is 0 Å². The first-order chi connectivity index (χ1) is 7.26. The number of nitrogens with two attached hydrogens (primary N) is 2. The summed E-state index contributed by atoms with van der Waals surface area (Å²) in [6.07, 6.45) is 9.74. The Hall–Kier alpha value is -0.0800. The van der Waals surface area contributed by atoms with Crippen molar-refractivity contribution in [3.8, 4) is 0 Å². The van der Waals surface area contributed by atoms with Crippen molar-refractivity contribution in [3.63, 3.8) is 0 Å². The van der Waals surface area contributed by atoms with Crippen molar-refractivity contribution in [2.24, 2.45) is 34.6 Å². The minimum Gasteiger partial charge on any atom is -0.330 e. The van der Waals surface area contributed by atoms with Gasteiger partial charge in [-0.25, -0.2) is 0 Å². The van der Waals surface area contributed by atoms with Gasteiger partial charge in [-0.1, -0.05) is 6.42 Å². The summed E-state index contributed by atoms with van der Waals surface area (Å²) >= 11 is 0. The molecule has 15 heavy (non-hydrogen) atoms. The van der Waals surface area contributed by atoms with Gasteiger partial charge in [-0.3, -0.25) is 0 Å². The molecule has 3 saturated carbocycles. The summed E-state index contributed by atoms with van der Waals surface area (Å²) < 4.78 is 0. The van der Waals surface area contributed by atoms with E-state index in [4.69, 9.17) is 11.5 Å². The van der Waals surface area contributed by atoms with E-state index in [1.165, 1.54) is 44.9 Å². The van der Waals surface area contributed by atoms with E-state index in [0.717, 1.165) is 24.3 Å². The summed E-state index contributed by atoms with van der Waals surface area (Å²) in [6.45, 7) is 0.881. The quantitative estimate of drug-likeness (QED) is 0.691. The van der Waals surface area contributed by atoms with Crippen molar-refractivity contribution in [2.75, 3.05) is 6.54 Å². The van der Waals surface area contributed by atoms with Crippen LogP contribution in [0.1, 0.15) is 44.9 Å². The molecule has 0 aromatic rings. The molecule has 3 fully saturated rings. The highest BCUT2D eigenvalue weighted by Crippen LogP contribution is 2.61. The predicted octanol–water partition coefficient (Wildman–Crippen LogP) is 1.88. The van der Waals surface area contributed by atoms with E-state index in [1.807, 2.05) is 0 Å². The molecule has 0 aromatic carbocycles. The molecule has 0 heterocycles. The van der Waals surface area contributed by atoms with Gasteiger partial charge in [-0.15, -0.1) is 0 Å². The Morgan fingerprint density at radius 1 is 1.20 bits per heavy atom. The van der Waals surface area contributed by atoms with Crippen molar-refractivity contribution in [3.05, 3.63) is 0 Å².